The number of nitrogens with two attached hydrogens (primary N) is 1. The van der Waals surface area contributed by atoms with E-state index in [1.54, 1.807) is 30.8 Å². The van der Waals surface area contributed by atoms with Gasteiger partial charge < -0.3 is 30.3 Å². The second kappa shape index (κ2) is 14.3. The molecule has 0 unspecified atom stereocenters. The van der Waals surface area contributed by atoms with E-state index in [1.807, 2.05) is 47.0 Å². The predicted octanol–water partition coefficient (Wildman–Crippen LogP) is 5.75. The number of hydrogen-bond acceptors (Lipinski definition) is 11. The summed E-state index contributed by atoms with van der Waals surface area (Å²) >= 11 is 0. The molecule has 1 aliphatic rings. The normalized spacial score (nSPS) is 12.6. The minimum absolute atomic E-state index is 0.00996. The topological polar surface area (TPSA) is 192 Å². The smallest absolute Gasteiger partial charge is 0.404 e. The van der Waals surface area contributed by atoms with Gasteiger partial charge in [0.1, 0.15) is 5.82 Å². The summed E-state index contributed by atoms with van der Waals surface area (Å²) in [6, 6.07) is 17.4. The lowest BCUT2D eigenvalue weighted by atomic mass is 10.0. The maximum absolute atomic E-state index is 13.1. The minimum atomic E-state index is -0.745. The summed E-state index contributed by atoms with van der Waals surface area (Å²) in [5.41, 5.74) is 9.54. The number of esters is 1. The number of ether oxygens (including phenoxy) is 2. The molecule has 242 valence electrons. The molecule has 1 fully saturated rings. The van der Waals surface area contributed by atoms with Crippen LogP contribution in [0.4, 0.5) is 28.0 Å². The number of carbonyl (C=O) groups is 2. The van der Waals surface area contributed by atoms with Gasteiger partial charge >= 0.3 is 17.8 Å². The highest BCUT2D eigenvalue weighted by Crippen LogP contribution is 2.33. The Kier molecular flexibility index (Phi) is 9.85. The zero-order chi connectivity index (χ0) is 33.5. The average molecular weight is 639 g/mol. The van der Waals surface area contributed by atoms with Gasteiger partial charge in [0.25, 0.3) is 6.01 Å². The lowest BCUT2D eigenvalue weighted by molar-refractivity contribution is 0.0491. The van der Waals surface area contributed by atoms with Gasteiger partial charge in [-0.15, -0.1) is 0 Å². The number of rotatable bonds is 8. The number of amides is 1. The van der Waals surface area contributed by atoms with Crippen LogP contribution >= 0.6 is 0 Å². The van der Waals surface area contributed by atoms with E-state index in [0.29, 0.717) is 22.8 Å². The number of nitrogens with one attached hydrogen (secondary N) is 2. The second-order valence-electron chi connectivity index (χ2n) is 10.7. The Labute approximate surface area is 269 Å². The molecule has 0 aliphatic heterocycles. The van der Waals surface area contributed by atoms with Gasteiger partial charge in [0.05, 0.1) is 48.8 Å². The highest BCUT2D eigenvalue weighted by molar-refractivity contribution is 5.86. The fourth-order valence-electron chi connectivity index (χ4n) is 5.45. The van der Waals surface area contributed by atoms with Crippen molar-refractivity contribution in [3.8, 4) is 17.2 Å². The fourth-order valence-corrected chi connectivity index (χ4v) is 5.45. The summed E-state index contributed by atoms with van der Waals surface area (Å²) in [5, 5.41) is 15.9. The molecule has 6 rings (SSSR count). The summed E-state index contributed by atoms with van der Waals surface area (Å²) in [5.74, 6) is -0.0281. The Hall–Kier alpha value is -6.10. The van der Waals surface area contributed by atoms with Gasteiger partial charge in [0.15, 0.2) is 0 Å². The van der Waals surface area contributed by atoms with Gasteiger partial charge in [-0.2, -0.15) is 5.26 Å². The van der Waals surface area contributed by atoms with E-state index in [4.69, 9.17) is 9.15 Å². The van der Waals surface area contributed by atoms with Crippen LogP contribution in [0.25, 0.3) is 22.2 Å². The summed E-state index contributed by atoms with van der Waals surface area (Å²) in [6.07, 6.45) is 6.49. The van der Waals surface area contributed by atoms with Gasteiger partial charge in [-0.25, -0.2) is 24.4 Å². The molecule has 0 spiro atoms. The van der Waals surface area contributed by atoms with Crippen LogP contribution < -0.4 is 22.1 Å². The van der Waals surface area contributed by atoms with E-state index in [9.17, 15) is 19.6 Å². The Morgan fingerprint density at radius 2 is 1.77 bits per heavy atom. The fraction of sp³-hybridized carbons (Fsp3) is 0.273. The first kappa shape index (κ1) is 32.3. The Balaban J connectivity index is 0.000000807. The number of nitrogens with zero attached hydrogens (tertiary/aromatic N) is 5. The molecular formula is C33H34N8O6. The number of aryl methyl sites for hydroxylation is 1. The van der Waals surface area contributed by atoms with Crippen LogP contribution in [-0.2, 0) is 16.5 Å². The van der Waals surface area contributed by atoms with Crippen molar-refractivity contribution in [2.45, 2.75) is 38.6 Å². The van der Waals surface area contributed by atoms with E-state index in [2.05, 4.69) is 37.1 Å². The molecule has 14 nitrogen and oxygen atoms in total. The van der Waals surface area contributed by atoms with Crippen molar-refractivity contribution >= 4 is 46.3 Å². The van der Waals surface area contributed by atoms with Crippen molar-refractivity contribution in [1.29, 1.82) is 5.26 Å². The molecule has 0 atom stereocenters. The van der Waals surface area contributed by atoms with Crippen molar-refractivity contribution < 1.29 is 23.5 Å². The molecule has 4 N–H and O–H groups in total. The van der Waals surface area contributed by atoms with Crippen molar-refractivity contribution in [3.63, 3.8) is 0 Å². The van der Waals surface area contributed by atoms with Crippen LogP contribution in [0, 0.1) is 11.3 Å². The van der Waals surface area contributed by atoms with Crippen LogP contribution in [0.15, 0.2) is 70.1 Å². The van der Waals surface area contributed by atoms with Crippen LogP contribution in [0.3, 0.4) is 0 Å². The van der Waals surface area contributed by atoms with E-state index in [1.165, 1.54) is 13.3 Å². The molecule has 47 heavy (non-hydrogen) atoms. The number of hydrogen-bond donors (Lipinski definition) is 3. The molecule has 1 aliphatic carbocycles. The number of primary amides is 1. The summed E-state index contributed by atoms with van der Waals surface area (Å²) in [7, 11) is 3.00. The zero-order valence-corrected chi connectivity index (χ0v) is 26.1. The quantitative estimate of drug-likeness (QED) is 0.175. The number of oxazole rings is 1. The molecule has 14 heteroatoms. The highest BCUT2D eigenvalue weighted by Gasteiger charge is 2.23. The first-order valence-corrected chi connectivity index (χ1v) is 14.9. The van der Waals surface area contributed by atoms with Gasteiger partial charge in [-0.3, -0.25) is 9.13 Å². The van der Waals surface area contributed by atoms with Crippen LogP contribution in [-0.4, -0.2) is 44.9 Å². The summed E-state index contributed by atoms with van der Waals surface area (Å²) in [4.78, 5) is 43.3. The van der Waals surface area contributed by atoms with Crippen molar-refractivity contribution in [2.24, 2.45) is 12.8 Å². The molecule has 1 saturated carbocycles. The highest BCUT2D eigenvalue weighted by atomic mass is 16.5. The second-order valence-corrected chi connectivity index (χ2v) is 10.7. The SMILES string of the molecule is CCOC(=O)c1cnc(Nc2cc(Nc3cc4c(cn3)n(C)c(=O)n4C3CCCC3)cc(-c3cccc(C#N)c3)c2)o1.COC(N)=O. The molecule has 0 bridgehead atoms. The summed E-state index contributed by atoms with van der Waals surface area (Å²) < 4.78 is 18.0. The third kappa shape index (κ3) is 7.42. The Bertz CT molecular complexity index is 2020. The standard InChI is InChI=1S/C31H29N7O4.C2H5NO2/c1-3-41-29(39)27-18-34-30(42-27)36-23-13-21(20-8-6-7-19(11-20)16-32)12-22(14-23)35-28-15-25-26(17-33-28)37(2)31(40)38(25)24-9-4-5-10-24;1-5-2(3)4/h6-8,11-15,17-18,24H,3-5,9-10H2,1-2H3,(H,33,35)(H,34,36);1H3,(H2,3,4). The predicted molar refractivity (Wildman–Crippen MR) is 175 cm³/mol. The number of anilines is 4. The van der Waals surface area contributed by atoms with Gasteiger partial charge in [0.2, 0.25) is 5.76 Å². The van der Waals surface area contributed by atoms with E-state index < -0.39 is 12.1 Å². The molecule has 1 amide bonds. The molecule has 3 heterocycles. The van der Waals surface area contributed by atoms with Crippen molar-refractivity contribution in [2.75, 3.05) is 24.4 Å². The van der Waals surface area contributed by atoms with Crippen LogP contribution in [0.1, 0.15) is 54.8 Å². The zero-order valence-electron chi connectivity index (χ0n) is 26.1. The van der Waals surface area contributed by atoms with E-state index in [0.717, 1.165) is 47.8 Å². The minimum Gasteiger partial charge on any atom is -0.460 e. The van der Waals surface area contributed by atoms with Gasteiger partial charge in [-0.05, 0) is 61.2 Å². The van der Waals surface area contributed by atoms with E-state index in [-0.39, 0.29) is 30.1 Å². The lowest BCUT2D eigenvalue weighted by Gasteiger charge is -2.14. The van der Waals surface area contributed by atoms with Crippen molar-refractivity contribution in [1.82, 2.24) is 19.1 Å². The van der Waals surface area contributed by atoms with Crippen LogP contribution in [0.2, 0.25) is 0 Å². The first-order valence-electron chi connectivity index (χ1n) is 14.9. The third-order valence-corrected chi connectivity index (χ3v) is 7.63. The number of aromatic nitrogens is 4. The maximum atomic E-state index is 13.1. The monoisotopic (exact) mass is 638 g/mol. The third-order valence-electron chi connectivity index (χ3n) is 7.63. The lowest BCUT2D eigenvalue weighted by Crippen LogP contribution is -2.24. The molecule has 0 radical (unpaired) electrons. The molecule has 5 aromatic rings. The van der Waals surface area contributed by atoms with Gasteiger partial charge in [-0.1, -0.05) is 25.0 Å². The number of imidazole rings is 1. The molecular weight excluding hydrogens is 604 g/mol. The summed E-state index contributed by atoms with van der Waals surface area (Å²) in [6.45, 7) is 1.94. The number of fused-ring (bicyclic) bond motifs is 1. The van der Waals surface area contributed by atoms with Crippen molar-refractivity contribution in [3.05, 3.63) is 82.7 Å². The number of nitriles is 1. The van der Waals surface area contributed by atoms with Gasteiger partial charge in [0, 0.05) is 30.5 Å². The number of pyridine rings is 1. The van der Waals surface area contributed by atoms with E-state index >= 15 is 0 Å². The van der Waals surface area contributed by atoms with Crippen LogP contribution in [0.5, 0.6) is 0 Å². The Morgan fingerprint density at radius 1 is 1.04 bits per heavy atom. The number of carbonyl (C=O) groups excluding carboxylic acids is 2. The number of benzene rings is 2. The first-order chi connectivity index (χ1) is 22.7. The average Bonchev–Trinajstić information content (AvgIpc) is 3.82. The molecule has 3 aromatic heterocycles. The molecule has 2 aromatic carbocycles. The molecule has 0 saturated heterocycles. The Morgan fingerprint density at radius 3 is 2.45 bits per heavy atom. The largest absolute Gasteiger partial charge is 0.460 e. The maximum Gasteiger partial charge on any atom is 0.404 e. The number of methoxy groups -OCH3 is 1.